The van der Waals surface area contributed by atoms with Crippen molar-refractivity contribution in [2.24, 2.45) is 0 Å². The van der Waals surface area contributed by atoms with E-state index in [0.717, 1.165) is 4.88 Å². The van der Waals surface area contributed by atoms with Crippen molar-refractivity contribution >= 4 is 32.2 Å². The summed E-state index contributed by atoms with van der Waals surface area (Å²) >= 11 is 4.75. The van der Waals surface area contributed by atoms with Crippen LogP contribution in [-0.4, -0.2) is 9.38 Å². The molecule has 0 bridgehead atoms. The first-order valence-electron chi connectivity index (χ1n) is 6.36. The number of halogens is 2. The monoisotopic (exact) mass is 377 g/mol. The zero-order chi connectivity index (χ0) is 15.9. The van der Waals surface area contributed by atoms with Crippen molar-refractivity contribution in [1.29, 1.82) is 5.26 Å². The van der Waals surface area contributed by atoms with Crippen molar-refractivity contribution < 1.29 is 4.39 Å². The number of aryl methyl sites for hydroxylation is 1. The van der Waals surface area contributed by atoms with Crippen LogP contribution in [0.5, 0.6) is 0 Å². The van der Waals surface area contributed by atoms with Gasteiger partial charge in [0.15, 0.2) is 4.96 Å². The van der Waals surface area contributed by atoms with Crippen LogP contribution in [0.2, 0.25) is 0 Å². The number of aromatic nitrogens is 2. The zero-order valence-corrected chi connectivity index (χ0v) is 13.8. The Hall–Kier alpha value is -2.04. The molecule has 0 spiro atoms. The molecular formula is C15H9BrFN3OS. The van der Waals surface area contributed by atoms with E-state index in [1.807, 2.05) is 13.0 Å². The maximum atomic E-state index is 14.1. The Morgan fingerprint density at radius 2 is 2.27 bits per heavy atom. The fourth-order valence-electron chi connectivity index (χ4n) is 2.18. The molecule has 0 aliphatic heterocycles. The highest BCUT2D eigenvalue weighted by Crippen LogP contribution is 2.25. The summed E-state index contributed by atoms with van der Waals surface area (Å²) < 4.78 is 16.3. The van der Waals surface area contributed by atoms with Crippen LogP contribution in [0.3, 0.4) is 0 Å². The van der Waals surface area contributed by atoms with E-state index in [1.165, 1.54) is 27.9 Å². The molecule has 22 heavy (non-hydrogen) atoms. The fourth-order valence-corrected chi connectivity index (χ4v) is 3.77. The molecule has 3 rings (SSSR count). The lowest BCUT2D eigenvalue weighted by Crippen LogP contribution is -2.14. The molecule has 1 aromatic carbocycles. The highest BCUT2D eigenvalue weighted by Gasteiger charge is 2.13. The SMILES string of the molecule is Cc1sc2nc(Cc3cccc(C#N)c3F)cc(=O)n2c1Br. The first-order valence-corrected chi connectivity index (χ1v) is 7.97. The number of fused-ring (bicyclic) bond motifs is 1. The summed E-state index contributed by atoms with van der Waals surface area (Å²) in [5, 5.41) is 8.87. The van der Waals surface area contributed by atoms with Crippen molar-refractivity contribution in [3.63, 3.8) is 0 Å². The molecular weight excluding hydrogens is 369 g/mol. The van der Waals surface area contributed by atoms with E-state index in [4.69, 9.17) is 5.26 Å². The van der Waals surface area contributed by atoms with E-state index in [2.05, 4.69) is 20.9 Å². The van der Waals surface area contributed by atoms with Crippen LogP contribution in [0.4, 0.5) is 4.39 Å². The van der Waals surface area contributed by atoms with Crippen molar-refractivity contribution in [3.8, 4) is 6.07 Å². The minimum atomic E-state index is -0.560. The molecule has 4 nitrogen and oxygen atoms in total. The average Bonchev–Trinajstić information content (AvgIpc) is 2.76. The normalized spacial score (nSPS) is 10.8. The Labute approximate surface area is 137 Å². The van der Waals surface area contributed by atoms with Crippen LogP contribution in [0.25, 0.3) is 4.96 Å². The molecule has 0 radical (unpaired) electrons. The summed E-state index contributed by atoms with van der Waals surface area (Å²) in [6.45, 7) is 1.89. The van der Waals surface area contributed by atoms with Gasteiger partial charge in [0.1, 0.15) is 16.5 Å². The number of hydrogen-bond acceptors (Lipinski definition) is 4. The van der Waals surface area contributed by atoms with Crippen LogP contribution in [0.1, 0.15) is 21.7 Å². The topological polar surface area (TPSA) is 58.2 Å². The summed E-state index contributed by atoms with van der Waals surface area (Å²) in [5.41, 5.74) is 0.605. The molecule has 0 aliphatic carbocycles. The van der Waals surface area contributed by atoms with Crippen LogP contribution in [0, 0.1) is 24.1 Å². The van der Waals surface area contributed by atoms with E-state index < -0.39 is 5.82 Å². The van der Waals surface area contributed by atoms with Gasteiger partial charge in [0.05, 0.1) is 11.3 Å². The predicted octanol–water partition coefficient (Wildman–Crippen LogP) is 3.43. The average molecular weight is 378 g/mol. The van der Waals surface area contributed by atoms with E-state index in [0.29, 0.717) is 20.8 Å². The molecule has 3 aromatic rings. The molecule has 0 N–H and O–H groups in total. The maximum Gasteiger partial charge on any atom is 0.259 e. The third-order valence-corrected chi connectivity index (χ3v) is 5.41. The summed E-state index contributed by atoms with van der Waals surface area (Å²) in [5.74, 6) is -0.560. The van der Waals surface area contributed by atoms with Gasteiger partial charge < -0.3 is 0 Å². The van der Waals surface area contributed by atoms with Gasteiger partial charge in [0, 0.05) is 17.4 Å². The molecule has 0 saturated heterocycles. The zero-order valence-electron chi connectivity index (χ0n) is 11.4. The van der Waals surface area contributed by atoms with Gasteiger partial charge in [0.25, 0.3) is 5.56 Å². The summed E-state index contributed by atoms with van der Waals surface area (Å²) in [6, 6.07) is 7.83. The largest absolute Gasteiger partial charge is 0.269 e. The summed E-state index contributed by atoms with van der Waals surface area (Å²) in [7, 11) is 0. The van der Waals surface area contributed by atoms with Gasteiger partial charge >= 0.3 is 0 Å². The number of nitrogens with zero attached hydrogens (tertiary/aromatic N) is 3. The molecule has 0 aliphatic rings. The molecule has 2 heterocycles. The van der Waals surface area contributed by atoms with E-state index >= 15 is 0 Å². The van der Waals surface area contributed by atoms with Crippen molar-refractivity contribution in [1.82, 2.24) is 9.38 Å². The molecule has 0 unspecified atom stereocenters. The Morgan fingerprint density at radius 3 is 3.00 bits per heavy atom. The molecule has 0 amide bonds. The number of nitriles is 1. The van der Waals surface area contributed by atoms with E-state index in [9.17, 15) is 9.18 Å². The van der Waals surface area contributed by atoms with E-state index in [1.54, 1.807) is 12.1 Å². The number of rotatable bonds is 2. The maximum absolute atomic E-state index is 14.1. The lowest BCUT2D eigenvalue weighted by atomic mass is 10.1. The second kappa shape index (κ2) is 5.63. The minimum Gasteiger partial charge on any atom is -0.269 e. The lowest BCUT2D eigenvalue weighted by molar-refractivity contribution is 0.609. The Kier molecular flexibility index (Phi) is 3.81. The van der Waals surface area contributed by atoms with Crippen LogP contribution < -0.4 is 5.56 Å². The third kappa shape index (κ3) is 2.45. The first kappa shape index (κ1) is 14.9. The van der Waals surface area contributed by atoms with Crippen molar-refractivity contribution in [3.05, 3.63) is 66.7 Å². The lowest BCUT2D eigenvalue weighted by Gasteiger charge is -2.04. The highest BCUT2D eigenvalue weighted by atomic mass is 79.9. The number of thiazole rings is 1. The van der Waals surface area contributed by atoms with Gasteiger partial charge in [-0.1, -0.05) is 12.1 Å². The second-order valence-electron chi connectivity index (χ2n) is 4.72. The van der Waals surface area contributed by atoms with Gasteiger partial charge in [-0.2, -0.15) is 5.26 Å². The Bertz CT molecular complexity index is 987. The Balaban J connectivity index is 2.09. The van der Waals surface area contributed by atoms with Crippen LogP contribution >= 0.6 is 27.3 Å². The molecule has 0 atom stereocenters. The number of hydrogen-bond donors (Lipinski definition) is 0. The fraction of sp³-hybridized carbons (Fsp3) is 0.133. The summed E-state index contributed by atoms with van der Waals surface area (Å²) in [4.78, 5) is 18.1. The van der Waals surface area contributed by atoms with Crippen molar-refractivity contribution in [2.45, 2.75) is 13.3 Å². The van der Waals surface area contributed by atoms with Gasteiger partial charge in [-0.3, -0.25) is 4.79 Å². The van der Waals surface area contributed by atoms with Gasteiger partial charge in [0.2, 0.25) is 0 Å². The van der Waals surface area contributed by atoms with Gasteiger partial charge in [-0.15, -0.1) is 11.3 Å². The summed E-state index contributed by atoms with van der Waals surface area (Å²) in [6.07, 6.45) is 0.168. The third-order valence-electron chi connectivity index (χ3n) is 3.24. The molecule has 7 heteroatoms. The second-order valence-corrected chi connectivity index (χ2v) is 6.65. The quantitative estimate of drug-likeness (QED) is 0.687. The van der Waals surface area contributed by atoms with E-state index in [-0.39, 0.29) is 17.5 Å². The number of benzene rings is 1. The highest BCUT2D eigenvalue weighted by molar-refractivity contribution is 9.10. The predicted molar refractivity (Wildman–Crippen MR) is 85.7 cm³/mol. The first-order chi connectivity index (χ1) is 10.5. The molecule has 2 aromatic heterocycles. The molecule has 0 saturated carbocycles. The standard InChI is InChI=1S/C15H9BrFN3OS/c1-8-14(16)20-12(21)6-11(19-15(20)22-8)5-9-3-2-4-10(7-18)13(9)17/h2-4,6H,5H2,1H3. The van der Waals surface area contributed by atoms with Crippen molar-refractivity contribution in [2.75, 3.05) is 0 Å². The molecule has 110 valence electrons. The van der Waals surface area contributed by atoms with Crippen LogP contribution in [-0.2, 0) is 6.42 Å². The Morgan fingerprint density at radius 1 is 1.50 bits per heavy atom. The van der Waals surface area contributed by atoms with Crippen LogP contribution in [0.15, 0.2) is 33.7 Å². The van der Waals surface area contributed by atoms with Gasteiger partial charge in [-0.25, -0.2) is 13.8 Å². The van der Waals surface area contributed by atoms with Gasteiger partial charge in [-0.05, 0) is 34.5 Å². The molecule has 0 fully saturated rings. The minimum absolute atomic E-state index is 0.00925. The smallest absolute Gasteiger partial charge is 0.259 e.